The van der Waals surface area contributed by atoms with E-state index < -0.39 is 0 Å². The maximum atomic E-state index is 12.1. The molecule has 0 atom stereocenters. The van der Waals surface area contributed by atoms with Crippen LogP contribution in [-0.4, -0.2) is 6.67 Å². The molecule has 1 aromatic carbocycles. The second-order valence-corrected chi connectivity index (χ2v) is 4.16. The molecule has 82 valence electrons. The summed E-state index contributed by atoms with van der Waals surface area (Å²) in [6.45, 7) is 7.50. The summed E-state index contributed by atoms with van der Waals surface area (Å²) in [4.78, 5) is 0. The van der Waals surface area contributed by atoms with E-state index in [1.54, 1.807) is 0 Å². The zero-order valence-electron chi connectivity index (χ0n) is 9.24. The van der Waals surface area contributed by atoms with Crippen LogP contribution in [0.15, 0.2) is 18.7 Å². The highest BCUT2D eigenvalue weighted by molar-refractivity contribution is 6.33. The minimum atomic E-state index is -0.278. The maximum Gasteiger partial charge on any atom is 0.0897 e. The van der Waals surface area contributed by atoms with Crippen molar-refractivity contribution >= 4 is 17.2 Å². The Morgan fingerprint density at radius 1 is 1.47 bits per heavy atom. The first kappa shape index (κ1) is 12.3. The third-order valence-electron chi connectivity index (χ3n) is 2.54. The lowest BCUT2D eigenvalue weighted by atomic mass is 9.98. The molecule has 0 saturated heterocycles. The molecule has 0 fully saturated rings. The second-order valence-electron chi connectivity index (χ2n) is 3.78. The minimum absolute atomic E-state index is 0.278. The van der Waals surface area contributed by atoms with Gasteiger partial charge in [-0.2, -0.15) is 0 Å². The Bertz CT molecular complexity index is 369. The number of alkyl halides is 1. The van der Waals surface area contributed by atoms with Gasteiger partial charge in [-0.3, -0.25) is 4.39 Å². The molecule has 0 spiro atoms. The topological polar surface area (TPSA) is 0 Å². The minimum Gasteiger partial charge on any atom is -0.251 e. The number of hydrogen-bond acceptors (Lipinski definition) is 0. The standard InChI is InChI=1S/C13H16ClF/c1-9(2)12-7-6-11(5-4-8-15)10(3)13(12)14/h6-7H,1,4-5,8H2,2-3H3. The molecule has 0 saturated carbocycles. The van der Waals surface area contributed by atoms with Gasteiger partial charge in [0.2, 0.25) is 0 Å². The van der Waals surface area contributed by atoms with Crippen LogP contribution in [0.4, 0.5) is 4.39 Å². The van der Waals surface area contributed by atoms with Crippen LogP contribution in [0.2, 0.25) is 5.02 Å². The Morgan fingerprint density at radius 2 is 2.13 bits per heavy atom. The number of allylic oxidation sites excluding steroid dienone is 1. The molecule has 0 radical (unpaired) electrons. The van der Waals surface area contributed by atoms with Crippen LogP contribution >= 0.6 is 11.6 Å². The molecule has 15 heavy (non-hydrogen) atoms. The van der Waals surface area contributed by atoms with Crippen molar-refractivity contribution in [3.05, 3.63) is 40.4 Å². The van der Waals surface area contributed by atoms with E-state index in [4.69, 9.17) is 11.6 Å². The Balaban J connectivity index is 3.04. The van der Waals surface area contributed by atoms with Crippen LogP contribution in [0.5, 0.6) is 0 Å². The van der Waals surface area contributed by atoms with Crippen LogP contribution in [0.3, 0.4) is 0 Å². The van der Waals surface area contributed by atoms with E-state index in [9.17, 15) is 4.39 Å². The lowest BCUT2D eigenvalue weighted by molar-refractivity contribution is 0.473. The fourth-order valence-electron chi connectivity index (χ4n) is 1.58. The molecule has 0 aliphatic carbocycles. The van der Waals surface area contributed by atoms with E-state index >= 15 is 0 Å². The Hall–Kier alpha value is -0.820. The fourth-order valence-corrected chi connectivity index (χ4v) is 1.93. The second kappa shape index (κ2) is 5.32. The zero-order valence-corrected chi connectivity index (χ0v) is 9.99. The third-order valence-corrected chi connectivity index (χ3v) is 3.03. The van der Waals surface area contributed by atoms with Gasteiger partial charge in [-0.25, -0.2) is 0 Å². The predicted molar refractivity (Wildman–Crippen MR) is 65.2 cm³/mol. The summed E-state index contributed by atoms with van der Waals surface area (Å²) >= 11 is 6.22. The van der Waals surface area contributed by atoms with Crippen LogP contribution in [0.25, 0.3) is 5.57 Å². The van der Waals surface area contributed by atoms with E-state index in [1.165, 1.54) is 0 Å². The molecule has 0 aliphatic rings. The quantitative estimate of drug-likeness (QED) is 0.705. The van der Waals surface area contributed by atoms with E-state index in [0.29, 0.717) is 6.42 Å². The summed E-state index contributed by atoms with van der Waals surface area (Å²) in [6, 6.07) is 3.98. The van der Waals surface area contributed by atoms with Gasteiger partial charge in [0.05, 0.1) is 11.7 Å². The average Bonchev–Trinajstić information content (AvgIpc) is 2.20. The third kappa shape index (κ3) is 2.82. The van der Waals surface area contributed by atoms with Crippen molar-refractivity contribution in [1.82, 2.24) is 0 Å². The smallest absolute Gasteiger partial charge is 0.0897 e. The van der Waals surface area contributed by atoms with Crippen molar-refractivity contribution in [2.75, 3.05) is 6.67 Å². The van der Waals surface area contributed by atoms with Gasteiger partial charge in [-0.1, -0.05) is 30.3 Å². The van der Waals surface area contributed by atoms with E-state index in [2.05, 4.69) is 6.58 Å². The van der Waals surface area contributed by atoms with Gasteiger partial charge in [0, 0.05) is 0 Å². The molecule has 0 aliphatic heterocycles. The molecule has 0 N–H and O–H groups in total. The highest BCUT2D eigenvalue weighted by Crippen LogP contribution is 2.28. The van der Waals surface area contributed by atoms with Gasteiger partial charge in [0.1, 0.15) is 0 Å². The molecular formula is C13H16ClF. The van der Waals surface area contributed by atoms with Gasteiger partial charge < -0.3 is 0 Å². The Morgan fingerprint density at radius 3 is 2.67 bits per heavy atom. The summed E-state index contributed by atoms with van der Waals surface area (Å²) in [6.07, 6.45) is 1.31. The first-order chi connectivity index (χ1) is 7.07. The first-order valence-corrected chi connectivity index (χ1v) is 5.45. The predicted octanol–water partition coefficient (Wildman–Crippen LogP) is 4.58. The average molecular weight is 227 g/mol. The van der Waals surface area contributed by atoms with Gasteiger partial charge in [0.25, 0.3) is 0 Å². The largest absolute Gasteiger partial charge is 0.251 e. The Kier molecular flexibility index (Phi) is 4.34. The normalized spacial score (nSPS) is 10.4. The molecule has 0 unspecified atom stereocenters. The van der Waals surface area contributed by atoms with Crippen LogP contribution < -0.4 is 0 Å². The lowest BCUT2D eigenvalue weighted by Crippen LogP contribution is -1.94. The van der Waals surface area contributed by atoms with Gasteiger partial charge in [-0.15, -0.1) is 0 Å². The first-order valence-electron chi connectivity index (χ1n) is 5.07. The van der Waals surface area contributed by atoms with Crippen molar-refractivity contribution in [3.63, 3.8) is 0 Å². The SMILES string of the molecule is C=C(C)c1ccc(CCCF)c(C)c1Cl. The highest BCUT2D eigenvalue weighted by Gasteiger charge is 2.08. The molecule has 0 amide bonds. The van der Waals surface area contributed by atoms with Crippen LogP contribution in [0, 0.1) is 6.92 Å². The lowest BCUT2D eigenvalue weighted by Gasteiger charge is -2.11. The number of hydrogen-bond donors (Lipinski definition) is 0. The van der Waals surface area contributed by atoms with Gasteiger partial charge in [0.15, 0.2) is 0 Å². The summed E-state index contributed by atoms with van der Waals surface area (Å²) in [5, 5.41) is 0.749. The van der Waals surface area contributed by atoms with Crippen molar-refractivity contribution in [1.29, 1.82) is 0 Å². The Labute approximate surface area is 95.8 Å². The molecule has 0 bridgehead atoms. The number of benzene rings is 1. The molecule has 1 rings (SSSR count). The molecule has 1 aromatic rings. The van der Waals surface area contributed by atoms with Crippen molar-refractivity contribution in [2.24, 2.45) is 0 Å². The number of rotatable bonds is 4. The summed E-state index contributed by atoms with van der Waals surface area (Å²) in [7, 11) is 0. The molecule has 0 nitrogen and oxygen atoms in total. The highest BCUT2D eigenvalue weighted by atomic mass is 35.5. The number of aryl methyl sites for hydroxylation is 1. The van der Waals surface area contributed by atoms with Gasteiger partial charge >= 0.3 is 0 Å². The van der Waals surface area contributed by atoms with Crippen LogP contribution in [0.1, 0.15) is 30.0 Å². The summed E-state index contributed by atoms with van der Waals surface area (Å²) in [5.41, 5.74) is 4.12. The van der Waals surface area contributed by atoms with E-state index in [0.717, 1.165) is 33.7 Å². The van der Waals surface area contributed by atoms with E-state index in [-0.39, 0.29) is 6.67 Å². The summed E-state index contributed by atoms with van der Waals surface area (Å²) in [5.74, 6) is 0. The molecule has 0 heterocycles. The van der Waals surface area contributed by atoms with Gasteiger partial charge in [-0.05, 0) is 49.0 Å². The summed E-state index contributed by atoms with van der Waals surface area (Å²) < 4.78 is 12.1. The molecule has 0 aromatic heterocycles. The molecule has 2 heteroatoms. The molecular weight excluding hydrogens is 211 g/mol. The monoisotopic (exact) mass is 226 g/mol. The van der Waals surface area contributed by atoms with Crippen molar-refractivity contribution in [3.8, 4) is 0 Å². The van der Waals surface area contributed by atoms with Crippen LogP contribution in [-0.2, 0) is 6.42 Å². The fraction of sp³-hybridized carbons (Fsp3) is 0.385. The van der Waals surface area contributed by atoms with E-state index in [1.807, 2.05) is 26.0 Å². The number of halogens is 2. The zero-order chi connectivity index (χ0) is 11.4. The maximum absolute atomic E-state index is 12.1. The van der Waals surface area contributed by atoms with Crippen molar-refractivity contribution in [2.45, 2.75) is 26.7 Å². The van der Waals surface area contributed by atoms with Crippen molar-refractivity contribution < 1.29 is 4.39 Å².